The summed E-state index contributed by atoms with van der Waals surface area (Å²) >= 11 is 0. The van der Waals surface area contributed by atoms with Gasteiger partial charge < -0.3 is 24.8 Å². The van der Waals surface area contributed by atoms with Crippen molar-refractivity contribution in [2.45, 2.75) is 44.6 Å². The van der Waals surface area contributed by atoms with Gasteiger partial charge in [0.2, 0.25) is 5.75 Å². The number of aliphatic hydroxyl groups is 1. The second-order valence-corrected chi connectivity index (χ2v) is 6.79. The van der Waals surface area contributed by atoms with Crippen LogP contribution in [0.2, 0.25) is 0 Å². The molecule has 1 unspecified atom stereocenters. The van der Waals surface area contributed by atoms with Crippen LogP contribution in [-0.2, 0) is 12.8 Å². The Morgan fingerprint density at radius 3 is 2.27 bits per heavy atom. The Morgan fingerprint density at radius 1 is 0.885 bits per heavy atom. The van der Waals surface area contributed by atoms with E-state index in [1.54, 1.807) is 6.07 Å². The lowest BCUT2D eigenvalue weighted by Crippen LogP contribution is -2.07. The van der Waals surface area contributed by atoms with E-state index in [-0.39, 0.29) is 23.4 Å². The summed E-state index contributed by atoms with van der Waals surface area (Å²) in [6.07, 6.45) is 4.17. The molecule has 2 aromatic carbocycles. The van der Waals surface area contributed by atoms with E-state index in [4.69, 9.17) is 9.47 Å². The quantitative estimate of drug-likeness (QED) is 0.761. The highest BCUT2D eigenvalue weighted by molar-refractivity contribution is 5.81. The fourth-order valence-corrected chi connectivity index (χ4v) is 3.64. The Labute approximate surface area is 153 Å². The molecule has 1 atom stereocenters. The third-order valence-corrected chi connectivity index (χ3v) is 5.03. The van der Waals surface area contributed by atoms with Crippen LogP contribution in [0.15, 0.2) is 24.3 Å². The number of aromatic hydroxyl groups is 2. The first kappa shape index (κ1) is 18.4. The Morgan fingerprint density at radius 2 is 1.58 bits per heavy atom. The molecule has 4 bridgehead atoms. The van der Waals surface area contributed by atoms with E-state index in [1.165, 1.54) is 14.2 Å². The summed E-state index contributed by atoms with van der Waals surface area (Å²) in [6.45, 7) is 0. The molecular weight excluding hydrogens is 332 g/mol. The van der Waals surface area contributed by atoms with E-state index in [1.807, 2.05) is 18.2 Å². The first-order chi connectivity index (χ1) is 12.5. The van der Waals surface area contributed by atoms with Crippen LogP contribution in [0.5, 0.6) is 23.0 Å². The number of aliphatic hydroxyl groups excluding tert-OH is 1. The molecule has 0 spiro atoms. The molecule has 5 heteroatoms. The van der Waals surface area contributed by atoms with Crippen molar-refractivity contribution >= 4 is 0 Å². The molecule has 1 aliphatic carbocycles. The first-order valence-electron chi connectivity index (χ1n) is 9.02. The van der Waals surface area contributed by atoms with Gasteiger partial charge in [0.05, 0.1) is 20.3 Å². The summed E-state index contributed by atoms with van der Waals surface area (Å²) in [5.74, 6) is 0.866. The molecule has 3 N–H and O–H groups in total. The molecular formula is C21H26O5. The number of hydrogen-bond acceptors (Lipinski definition) is 5. The lowest BCUT2D eigenvalue weighted by molar-refractivity contribution is 0.149. The minimum absolute atomic E-state index is 0.0492. The molecule has 0 amide bonds. The van der Waals surface area contributed by atoms with Crippen LogP contribution in [0.4, 0.5) is 0 Å². The van der Waals surface area contributed by atoms with Gasteiger partial charge in [-0.3, -0.25) is 0 Å². The number of benzene rings is 2. The second-order valence-electron chi connectivity index (χ2n) is 6.79. The zero-order chi connectivity index (χ0) is 18.7. The molecule has 3 rings (SSSR count). The summed E-state index contributed by atoms with van der Waals surface area (Å²) in [4.78, 5) is 0. The molecule has 0 aliphatic heterocycles. The summed E-state index contributed by atoms with van der Waals surface area (Å²) in [5.41, 5.74) is 3.14. The molecule has 140 valence electrons. The largest absolute Gasteiger partial charge is 0.507 e. The lowest BCUT2D eigenvalue weighted by atomic mass is 9.95. The minimum atomic E-state index is -0.339. The van der Waals surface area contributed by atoms with E-state index in [2.05, 4.69) is 0 Å². The molecule has 0 saturated carbocycles. The number of aryl methyl sites for hydroxylation is 2. The average molecular weight is 358 g/mol. The highest BCUT2D eigenvalue weighted by Crippen LogP contribution is 2.48. The Balaban J connectivity index is 2.22. The van der Waals surface area contributed by atoms with Gasteiger partial charge in [0.1, 0.15) is 5.75 Å². The number of phenols is 2. The smallest absolute Gasteiger partial charge is 0.203 e. The van der Waals surface area contributed by atoms with E-state index >= 15 is 0 Å². The zero-order valence-electron chi connectivity index (χ0n) is 15.3. The molecule has 2 aromatic rings. The summed E-state index contributed by atoms with van der Waals surface area (Å²) < 4.78 is 10.9. The van der Waals surface area contributed by atoms with Crippen LogP contribution in [0.3, 0.4) is 0 Å². The number of fused-ring (bicyclic) bond motifs is 5. The molecule has 26 heavy (non-hydrogen) atoms. The molecule has 0 saturated heterocycles. The molecule has 0 aromatic heterocycles. The van der Waals surface area contributed by atoms with Crippen LogP contribution in [0, 0.1) is 0 Å². The average Bonchev–Trinajstić information content (AvgIpc) is 2.64. The van der Waals surface area contributed by atoms with Gasteiger partial charge in [-0.15, -0.1) is 0 Å². The zero-order valence-corrected chi connectivity index (χ0v) is 15.3. The van der Waals surface area contributed by atoms with E-state index in [9.17, 15) is 15.3 Å². The molecule has 5 nitrogen and oxygen atoms in total. The van der Waals surface area contributed by atoms with E-state index in [0.29, 0.717) is 35.3 Å². The third-order valence-electron chi connectivity index (χ3n) is 5.03. The number of hydrogen-bond donors (Lipinski definition) is 3. The van der Waals surface area contributed by atoms with E-state index in [0.717, 1.165) is 31.2 Å². The maximum absolute atomic E-state index is 10.6. The van der Waals surface area contributed by atoms with Crippen LogP contribution < -0.4 is 9.47 Å². The summed E-state index contributed by atoms with van der Waals surface area (Å²) in [7, 11) is 3.01. The topological polar surface area (TPSA) is 79.2 Å². The second kappa shape index (κ2) is 7.87. The van der Waals surface area contributed by atoms with Crippen LogP contribution in [-0.4, -0.2) is 35.6 Å². The Hall–Kier alpha value is -2.40. The number of methoxy groups -OCH3 is 2. The lowest BCUT2D eigenvalue weighted by Gasteiger charge is -2.18. The van der Waals surface area contributed by atoms with Gasteiger partial charge in [-0.05, 0) is 67.9 Å². The molecule has 1 aliphatic rings. The third kappa shape index (κ3) is 3.58. The van der Waals surface area contributed by atoms with E-state index < -0.39 is 0 Å². The van der Waals surface area contributed by atoms with Crippen LogP contribution in [0.25, 0.3) is 11.1 Å². The normalized spacial score (nSPS) is 17.6. The van der Waals surface area contributed by atoms with Crippen molar-refractivity contribution in [2.75, 3.05) is 14.2 Å². The minimum Gasteiger partial charge on any atom is -0.507 e. The van der Waals surface area contributed by atoms with Crippen molar-refractivity contribution in [1.29, 1.82) is 0 Å². The van der Waals surface area contributed by atoms with Crippen LogP contribution in [0.1, 0.15) is 36.8 Å². The fraction of sp³-hybridized carbons (Fsp3) is 0.429. The van der Waals surface area contributed by atoms with Gasteiger partial charge in [0, 0.05) is 11.1 Å². The number of rotatable bonds is 2. The molecule has 0 radical (unpaired) electrons. The highest BCUT2D eigenvalue weighted by atomic mass is 16.5. The maximum atomic E-state index is 10.6. The standard InChI is InChI=1S/C21H26O5/c1-25-20-17-12-14(19(24)21(20)26-2)6-4-8-15(22)7-3-5-13-9-10-18(23)16(17)11-13/h9-12,15,22-24H,3-8H2,1-2H3. The Kier molecular flexibility index (Phi) is 5.57. The first-order valence-corrected chi connectivity index (χ1v) is 9.02. The van der Waals surface area contributed by atoms with Gasteiger partial charge in [0.25, 0.3) is 0 Å². The van der Waals surface area contributed by atoms with Crippen LogP contribution >= 0.6 is 0 Å². The Bertz CT molecular complexity index is 784. The van der Waals surface area contributed by atoms with Crippen molar-refractivity contribution in [3.05, 3.63) is 35.4 Å². The fourth-order valence-electron chi connectivity index (χ4n) is 3.64. The van der Waals surface area contributed by atoms with Gasteiger partial charge in [-0.25, -0.2) is 0 Å². The van der Waals surface area contributed by atoms with Crippen molar-refractivity contribution in [1.82, 2.24) is 0 Å². The highest BCUT2D eigenvalue weighted by Gasteiger charge is 2.22. The predicted molar refractivity (Wildman–Crippen MR) is 100 cm³/mol. The van der Waals surface area contributed by atoms with Gasteiger partial charge in [-0.2, -0.15) is 0 Å². The van der Waals surface area contributed by atoms with Crippen molar-refractivity contribution < 1.29 is 24.8 Å². The number of ether oxygens (including phenoxy) is 2. The predicted octanol–water partition coefficient (Wildman–Crippen LogP) is 3.80. The molecule has 0 heterocycles. The van der Waals surface area contributed by atoms with Crippen molar-refractivity contribution in [3.63, 3.8) is 0 Å². The maximum Gasteiger partial charge on any atom is 0.203 e. The molecule has 0 fully saturated rings. The van der Waals surface area contributed by atoms with Crippen molar-refractivity contribution in [2.24, 2.45) is 0 Å². The summed E-state index contributed by atoms with van der Waals surface area (Å²) in [6, 6.07) is 7.37. The van der Waals surface area contributed by atoms with Gasteiger partial charge in [0.15, 0.2) is 11.5 Å². The van der Waals surface area contributed by atoms with Gasteiger partial charge >= 0.3 is 0 Å². The van der Waals surface area contributed by atoms with Gasteiger partial charge in [-0.1, -0.05) is 6.07 Å². The SMILES string of the molecule is COc1c2cc(c(O)c1OC)CCCC(O)CCCc1ccc(O)c-2c1. The van der Waals surface area contributed by atoms with Crippen molar-refractivity contribution in [3.8, 4) is 34.1 Å². The number of phenolic OH excluding ortho intramolecular Hbond substituents is 2. The monoisotopic (exact) mass is 358 g/mol. The summed E-state index contributed by atoms with van der Waals surface area (Å²) in [5, 5.41) is 31.2.